The molecule has 0 radical (unpaired) electrons. The third kappa shape index (κ3) is 4.48. The first-order valence-corrected chi connectivity index (χ1v) is 7.43. The van der Waals surface area contributed by atoms with Gasteiger partial charge in [0.15, 0.2) is 5.11 Å². The summed E-state index contributed by atoms with van der Waals surface area (Å²) >= 11 is 5.37. The predicted octanol–water partition coefficient (Wildman–Crippen LogP) is 2.63. The average Bonchev–Trinajstić information content (AvgIpc) is 2.42. The van der Waals surface area contributed by atoms with Crippen LogP contribution in [0.3, 0.4) is 0 Å². The molecule has 1 fully saturated rings. The number of hydrogen-bond acceptors (Lipinski definition) is 2. The van der Waals surface area contributed by atoms with E-state index in [1.807, 2.05) is 0 Å². The smallest absolute Gasteiger partial charge is 0.170 e. The lowest BCUT2D eigenvalue weighted by atomic mass is 10.1. The summed E-state index contributed by atoms with van der Waals surface area (Å²) in [5, 5.41) is 7.40. The minimum atomic E-state index is 0.506. The molecule has 1 aliphatic rings. The molecule has 0 aliphatic carbocycles. The fourth-order valence-corrected chi connectivity index (χ4v) is 2.61. The number of piperidine rings is 1. The van der Waals surface area contributed by atoms with Gasteiger partial charge in [0.05, 0.1) is 0 Å². The van der Waals surface area contributed by atoms with E-state index < -0.39 is 0 Å². The Bertz CT molecular complexity index is 408. The molecule has 104 valence electrons. The Balaban J connectivity index is 1.80. The van der Waals surface area contributed by atoms with Gasteiger partial charge in [0.2, 0.25) is 0 Å². The Morgan fingerprint density at radius 2 is 1.89 bits per heavy atom. The molecular formula is C15H23N3S. The van der Waals surface area contributed by atoms with Gasteiger partial charge in [0.25, 0.3) is 0 Å². The van der Waals surface area contributed by atoms with E-state index in [1.54, 1.807) is 0 Å². The van der Waals surface area contributed by atoms with E-state index in [0.29, 0.717) is 6.04 Å². The zero-order valence-electron chi connectivity index (χ0n) is 11.8. The summed E-state index contributed by atoms with van der Waals surface area (Å²) in [7, 11) is 2.17. The van der Waals surface area contributed by atoms with Gasteiger partial charge in [-0.2, -0.15) is 0 Å². The van der Waals surface area contributed by atoms with Crippen molar-refractivity contribution in [2.45, 2.75) is 32.2 Å². The fourth-order valence-electron chi connectivity index (χ4n) is 2.33. The van der Waals surface area contributed by atoms with E-state index in [9.17, 15) is 0 Å². The van der Waals surface area contributed by atoms with Gasteiger partial charge in [0, 0.05) is 11.7 Å². The van der Waals surface area contributed by atoms with Crippen molar-refractivity contribution in [3.8, 4) is 0 Å². The van der Waals surface area contributed by atoms with Crippen LogP contribution in [0.5, 0.6) is 0 Å². The second-order valence-corrected chi connectivity index (χ2v) is 5.63. The largest absolute Gasteiger partial charge is 0.360 e. The Morgan fingerprint density at radius 1 is 1.26 bits per heavy atom. The van der Waals surface area contributed by atoms with Crippen molar-refractivity contribution >= 4 is 23.0 Å². The highest BCUT2D eigenvalue weighted by Crippen LogP contribution is 2.11. The van der Waals surface area contributed by atoms with Crippen molar-refractivity contribution in [1.29, 1.82) is 0 Å². The van der Waals surface area contributed by atoms with Crippen LogP contribution in [0.15, 0.2) is 24.3 Å². The highest BCUT2D eigenvalue weighted by Gasteiger charge is 2.16. The molecule has 0 atom stereocenters. The number of aryl methyl sites for hydroxylation is 1. The molecule has 1 aromatic rings. The fraction of sp³-hybridized carbons (Fsp3) is 0.533. The molecule has 2 N–H and O–H groups in total. The molecule has 19 heavy (non-hydrogen) atoms. The third-order valence-electron chi connectivity index (χ3n) is 3.67. The van der Waals surface area contributed by atoms with Crippen molar-refractivity contribution in [1.82, 2.24) is 10.2 Å². The van der Waals surface area contributed by atoms with Crippen molar-refractivity contribution in [2.24, 2.45) is 0 Å². The number of rotatable bonds is 3. The molecule has 0 spiro atoms. The molecule has 1 aromatic carbocycles. The molecule has 0 bridgehead atoms. The second kappa shape index (κ2) is 6.87. The van der Waals surface area contributed by atoms with E-state index >= 15 is 0 Å². The number of thiocarbonyl (C=S) groups is 1. The maximum atomic E-state index is 5.37. The van der Waals surface area contributed by atoms with Crippen LogP contribution in [0.4, 0.5) is 5.69 Å². The van der Waals surface area contributed by atoms with Gasteiger partial charge < -0.3 is 15.5 Å². The quantitative estimate of drug-likeness (QED) is 0.831. The van der Waals surface area contributed by atoms with E-state index in [1.165, 1.54) is 5.56 Å². The first-order valence-electron chi connectivity index (χ1n) is 7.02. The second-order valence-electron chi connectivity index (χ2n) is 5.23. The van der Waals surface area contributed by atoms with E-state index in [2.05, 4.69) is 53.8 Å². The van der Waals surface area contributed by atoms with Crippen LogP contribution in [-0.2, 0) is 6.42 Å². The molecule has 0 aromatic heterocycles. The molecule has 2 rings (SSSR count). The van der Waals surface area contributed by atoms with Crippen LogP contribution in [0.2, 0.25) is 0 Å². The maximum Gasteiger partial charge on any atom is 0.170 e. The maximum absolute atomic E-state index is 5.37. The summed E-state index contributed by atoms with van der Waals surface area (Å²) in [5.41, 5.74) is 2.40. The van der Waals surface area contributed by atoms with Gasteiger partial charge in [-0.05, 0) is 69.3 Å². The number of anilines is 1. The van der Waals surface area contributed by atoms with Crippen molar-refractivity contribution in [3.05, 3.63) is 29.8 Å². The highest BCUT2D eigenvalue weighted by molar-refractivity contribution is 7.80. The molecule has 1 aliphatic heterocycles. The topological polar surface area (TPSA) is 27.3 Å². The number of benzene rings is 1. The minimum Gasteiger partial charge on any atom is -0.360 e. The molecule has 0 unspecified atom stereocenters. The van der Waals surface area contributed by atoms with E-state index in [0.717, 1.165) is 43.2 Å². The number of likely N-dealkylation sites (tertiary alicyclic amines) is 1. The number of nitrogens with one attached hydrogen (secondary N) is 2. The molecule has 3 nitrogen and oxygen atoms in total. The summed E-state index contributed by atoms with van der Waals surface area (Å²) in [6, 6.07) is 8.95. The lowest BCUT2D eigenvalue weighted by Crippen LogP contribution is -2.44. The molecule has 4 heteroatoms. The molecule has 0 amide bonds. The van der Waals surface area contributed by atoms with Crippen LogP contribution >= 0.6 is 12.2 Å². The lowest BCUT2D eigenvalue weighted by molar-refractivity contribution is 0.247. The SMILES string of the molecule is CCc1ccc(NC(=S)NC2CCN(C)CC2)cc1. The van der Waals surface area contributed by atoms with Crippen LogP contribution in [0.1, 0.15) is 25.3 Å². The molecule has 0 saturated carbocycles. The summed E-state index contributed by atoms with van der Waals surface area (Å²) < 4.78 is 0. The minimum absolute atomic E-state index is 0.506. The molecule has 1 heterocycles. The first kappa shape index (κ1) is 14.3. The number of nitrogens with zero attached hydrogens (tertiary/aromatic N) is 1. The molecular weight excluding hydrogens is 254 g/mol. The summed E-state index contributed by atoms with van der Waals surface area (Å²) in [6.45, 7) is 4.45. The first-order chi connectivity index (χ1) is 9.17. The van der Waals surface area contributed by atoms with Gasteiger partial charge in [-0.15, -0.1) is 0 Å². The molecule has 1 saturated heterocycles. The van der Waals surface area contributed by atoms with Gasteiger partial charge in [-0.25, -0.2) is 0 Å². The Morgan fingerprint density at radius 3 is 2.47 bits per heavy atom. The van der Waals surface area contributed by atoms with Crippen LogP contribution in [0.25, 0.3) is 0 Å². The monoisotopic (exact) mass is 277 g/mol. The summed E-state index contributed by atoms with van der Waals surface area (Å²) in [5.74, 6) is 0. The predicted molar refractivity (Wildman–Crippen MR) is 85.7 cm³/mol. The van der Waals surface area contributed by atoms with Crippen molar-refractivity contribution < 1.29 is 0 Å². The van der Waals surface area contributed by atoms with Gasteiger partial charge in [0.1, 0.15) is 0 Å². The van der Waals surface area contributed by atoms with Gasteiger partial charge in [-0.1, -0.05) is 19.1 Å². The Labute approximate surface area is 121 Å². The van der Waals surface area contributed by atoms with Crippen LogP contribution in [-0.4, -0.2) is 36.2 Å². The van der Waals surface area contributed by atoms with Crippen molar-refractivity contribution in [3.63, 3.8) is 0 Å². The summed E-state index contributed by atoms with van der Waals surface area (Å²) in [4.78, 5) is 2.36. The Kier molecular flexibility index (Phi) is 5.16. The average molecular weight is 277 g/mol. The number of hydrogen-bond donors (Lipinski definition) is 2. The van der Waals surface area contributed by atoms with Gasteiger partial charge in [-0.3, -0.25) is 0 Å². The highest BCUT2D eigenvalue weighted by atomic mass is 32.1. The van der Waals surface area contributed by atoms with Gasteiger partial charge >= 0.3 is 0 Å². The van der Waals surface area contributed by atoms with Crippen LogP contribution < -0.4 is 10.6 Å². The zero-order chi connectivity index (χ0) is 13.7. The Hall–Kier alpha value is -1.13. The standard InChI is InChI=1S/C15H23N3S/c1-3-12-4-6-13(7-5-12)16-15(19)17-14-8-10-18(2)11-9-14/h4-7,14H,3,8-11H2,1-2H3,(H2,16,17,19). The van der Waals surface area contributed by atoms with Crippen molar-refractivity contribution in [2.75, 3.05) is 25.5 Å². The normalized spacial score (nSPS) is 17.2. The van der Waals surface area contributed by atoms with Crippen LogP contribution in [0, 0.1) is 0 Å². The third-order valence-corrected chi connectivity index (χ3v) is 3.89. The van der Waals surface area contributed by atoms with E-state index in [-0.39, 0.29) is 0 Å². The lowest BCUT2D eigenvalue weighted by Gasteiger charge is -2.30. The summed E-state index contributed by atoms with van der Waals surface area (Å²) in [6.07, 6.45) is 3.39. The zero-order valence-corrected chi connectivity index (χ0v) is 12.6. The van der Waals surface area contributed by atoms with E-state index in [4.69, 9.17) is 12.2 Å².